The molecule has 0 radical (unpaired) electrons. The summed E-state index contributed by atoms with van der Waals surface area (Å²) in [5.41, 5.74) is 7.19. The normalized spacial score (nSPS) is 13.7. The Bertz CT molecular complexity index is 600. The number of nitrogens with one attached hydrogen (secondary N) is 2. The second-order valence-corrected chi connectivity index (χ2v) is 8.35. The number of ether oxygens (including phenoxy) is 1. The maximum absolute atomic E-state index is 11.9. The lowest BCUT2D eigenvalue weighted by Crippen LogP contribution is -2.50. The molecule has 29 heavy (non-hydrogen) atoms. The van der Waals surface area contributed by atoms with Crippen LogP contribution in [0.25, 0.3) is 0 Å². The average Bonchev–Trinajstić information content (AvgIpc) is 2.71. The van der Waals surface area contributed by atoms with Crippen molar-refractivity contribution in [2.24, 2.45) is 0 Å². The summed E-state index contributed by atoms with van der Waals surface area (Å²) in [4.78, 5) is 11.9. The van der Waals surface area contributed by atoms with Gasteiger partial charge >= 0.3 is 6.09 Å². The van der Waals surface area contributed by atoms with Crippen LogP contribution in [0.3, 0.4) is 0 Å². The fourth-order valence-electron chi connectivity index (χ4n) is 3.65. The van der Waals surface area contributed by atoms with Crippen molar-refractivity contribution < 1.29 is 14.6 Å². The Balaban J connectivity index is 2.77. The number of aryl methyl sites for hydroxylation is 1. The van der Waals surface area contributed by atoms with Crippen LogP contribution in [0.15, 0.2) is 24.3 Å². The highest BCUT2D eigenvalue weighted by atomic mass is 16.6. The summed E-state index contributed by atoms with van der Waals surface area (Å²) >= 11 is 0. The minimum atomic E-state index is -0.574. The van der Waals surface area contributed by atoms with Gasteiger partial charge in [-0.2, -0.15) is 0 Å². The van der Waals surface area contributed by atoms with E-state index >= 15 is 0 Å². The first-order valence-electron chi connectivity index (χ1n) is 11.3. The molecule has 5 nitrogen and oxygen atoms in total. The first-order valence-corrected chi connectivity index (χ1v) is 11.3. The van der Waals surface area contributed by atoms with Crippen molar-refractivity contribution in [2.75, 3.05) is 6.61 Å². The maximum Gasteiger partial charge on any atom is 0.421 e. The molecular weight excluding hydrogens is 364 g/mol. The zero-order chi connectivity index (χ0) is 21.8. The number of carbonyl (C=O) groups is 1. The van der Waals surface area contributed by atoms with Crippen LogP contribution in [0.4, 0.5) is 4.79 Å². The van der Waals surface area contributed by atoms with Gasteiger partial charge in [-0.05, 0) is 56.6 Å². The van der Waals surface area contributed by atoms with E-state index in [0.29, 0.717) is 6.61 Å². The summed E-state index contributed by atoms with van der Waals surface area (Å²) < 4.78 is 5.16. The van der Waals surface area contributed by atoms with Gasteiger partial charge in [-0.3, -0.25) is 5.43 Å². The molecule has 1 rings (SSSR count). The topological polar surface area (TPSA) is 70.6 Å². The number of hydrogen-bond acceptors (Lipinski definition) is 4. The molecule has 0 fully saturated rings. The molecule has 0 spiro atoms. The molecule has 0 aliphatic carbocycles. The molecule has 5 heteroatoms. The van der Waals surface area contributed by atoms with Crippen LogP contribution in [0.5, 0.6) is 0 Å². The Kier molecular flexibility index (Phi) is 11.3. The SMILES string of the molecule is CCCCOC(=O)NNC(C)(CC)c1cccc(CCC(O)(CCC)CCC)c1. The Morgan fingerprint density at radius 2 is 1.76 bits per heavy atom. The predicted molar refractivity (Wildman–Crippen MR) is 120 cm³/mol. The highest BCUT2D eigenvalue weighted by Gasteiger charge is 2.27. The quantitative estimate of drug-likeness (QED) is 0.277. The Morgan fingerprint density at radius 3 is 2.34 bits per heavy atom. The van der Waals surface area contributed by atoms with E-state index in [9.17, 15) is 9.90 Å². The number of hydrazine groups is 1. The minimum absolute atomic E-state index is 0.400. The van der Waals surface area contributed by atoms with Gasteiger partial charge in [-0.15, -0.1) is 0 Å². The molecule has 0 aliphatic rings. The van der Waals surface area contributed by atoms with Gasteiger partial charge in [0.05, 0.1) is 17.7 Å². The molecule has 0 aliphatic heterocycles. The van der Waals surface area contributed by atoms with Crippen molar-refractivity contribution in [2.45, 2.75) is 104 Å². The molecule has 3 N–H and O–H groups in total. The monoisotopic (exact) mass is 406 g/mol. The van der Waals surface area contributed by atoms with E-state index < -0.39 is 17.2 Å². The number of rotatable bonds is 14. The smallest absolute Gasteiger partial charge is 0.421 e. The standard InChI is InChI=1S/C24H42N2O3/c1-6-10-18-29-22(27)25-26-23(5,9-4)21-13-11-12-20(19-21)14-17-24(28,15-7-2)16-8-3/h11-13,19,26,28H,6-10,14-18H2,1-5H3,(H,25,27). The molecule has 1 atom stereocenters. The Labute approximate surface area is 177 Å². The zero-order valence-electron chi connectivity index (χ0n) is 19.1. The molecule has 0 aromatic heterocycles. The molecule has 166 valence electrons. The van der Waals surface area contributed by atoms with E-state index in [1.165, 1.54) is 5.56 Å². The predicted octanol–water partition coefficient (Wildman–Crippen LogP) is 5.61. The van der Waals surface area contributed by atoms with Crippen molar-refractivity contribution in [3.8, 4) is 0 Å². The third-order valence-corrected chi connectivity index (χ3v) is 5.75. The van der Waals surface area contributed by atoms with E-state index in [-0.39, 0.29) is 0 Å². The summed E-state index contributed by atoms with van der Waals surface area (Å²) in [6.45, 7) is 10.9. The lowest BCUT2D eigenvalue weighted by molar-refractivity contribution is 0.0132. The van der Waals surface area contributed by atoms with E-state index in [1.54, 1.807) is 0 Å². The van der Waals surface area contributed by atoms with E-state index in [1.807, 2.05) is 0 Å². The van der Waals surface area contributed by atoms with Gasteiger partial charge in [0, 0.05) is 0 Å². The highest BCUT2D eigenvalue weighted by Crippen LogP contribution is 2.28. The molecule has 1 aromatic rings. The van der Waals surface area contributed by atoms with Crippen LogP contribution < -0.4 is 10.9 Å². The summed E-state index contributed by atoms with van der Waals surface area (Å²) in [6.07, 6.45) is 7.52. The highest BCUT2D eigenvalue weighted by molar-refractivity contribution is 5.66. The fraction of sp³-hybridized carbons (Fsp3) is 0.708. The van der Waals surface area contributed by atoms with Crippen molar-refractivity contribution >= 4 is 6.09 Å². The van der Waals surface area contributed by atoms with Crippen LogP contribution in [0.1, 0.15) is 97.1 Å². The van der Waals surface area contributed by atoms with Gasteiger partial charge < -0.3 is 9.84 Å². The summed E-state index contributed by atoms with van der Waals surface area (Å²) in [5, 5.41) is 10.9. The Hall–Kier alpha value is -1.59. The number of carbonyl (C=O) groups excluding carboxylic acids is 1. The van der Waals surface area contributed by atoms with Gasteiger partial charge in [0.25, 0.3) is 0 Å². The van der Waals surface area contributed by atoms with Crippen LogP contribution in [0, 0.1) is 0 Å². The Morgan fingerprint density at radius 1 is 1.07 bits per heavy atom. The average molecular weight is 407 g/mol. The number of benzene rings is 1. The van der Waals surface area contributed by atoms with Crippen LogP contribution >= 0.6 is 0 Å². The van der Waals surface area contributed by atoms with Crippen LogP contribution in [0.2, 0.25) is 0 Å². The second kappa shape index (κ2) is 12.9. The minimum Gasteiger partial charge on any atom is -0.449 e. The van der Waals surface area contributed by atoms with Crippen molar-refractivity contribution in [3.63, 3.8) is 0 Å². The number of unbranched alkanes of at least 4 members (excludes halogenated alkanes) is 1. The van der Waals surface area contributed by atoms with Crippen molar-refractivity contribution in [3.05, 3.63) is 35.4 Å². The van der Waals surface area contributed by atoms with Crippen LogP contribution in [-0.2, 0) is 16.7 Å². The molecule has 0 bridgehead atoms. The van der Waals surface area contributed by atoms with Gasteiger partial charge in [0.1, 0.15) is 0 Å². The van der Waals surface area contributed by atoms with Gasteiger partial charge in [-0.25, -0.2) is 10.2 Å². The summed E-state index contributed by atoms with van der Waals surface area (Å²) in [5.74, 6) is 0. The number of hydrogen-bond donors (Lipinski definition) is 3. The van der Waals surface area contributed by atoms with Crippen molar-refractivity contribution in [1.29, 1.82) is 0 Å². The van der Waals surface area contributed by atoms with Gasteiger partial charge in [0.2, 0.25) is 0 Å². The van der Waals surface area contributed by atoms with E-state index in [2.05, 4.69) is 69.7 Å². The molecule has 0 saturated carbocycles. The third kappa shape index (κ3) is 8.75. The van der Waals surface area contributed by atoms with Crippen molar-refractivity contribution in [1.82, 2.24) is 10.9 Å². The van der Waals surface area contributed by atoms with Crippen LogP contribution in [-0.4, -0.2) is 23.4 Å². The van der Waals surface area contributed by atoms with E-state index in [4.69, 9.17) is 4.74 Å². The largest absolute Gasteiger partial charge is 0.449 e. The number of aliphatic hydroxyl groups is 1. The molecule has 0 heterocycles. The molecule has 1 aromatic carbocycles. The first kappa shape index (κ1) is 25.4. The fourth-order valence-corrected chi connectivity index (χ4v) is 3.65. The number of amides is 1. The zero-order valence-corrected chi connectivity index (χ0v) is 19.1. The molecular formula is C24H42N2O3. The summed E-state index contributed by atoms with van der Waals surface area (Å²) in [7, 11) is 0. The maximum atomic E-state index is 11.9. The first-order chi connectivity index (χ1) is 13.8. The van der Waals surface area contributed by atoms with E-state index in [0.717, 1.165) is 63.4 Å². The van der Waals surface area contributed by atoms with Gasteiger partial charge in [0.15, 0.2) is 0 Å². The molecule has 0 saturated heterocycles. The summed E-state index contributed by atoms with van der Waals surface area (Å²) in [6, 6.07) is 8.43. The lowest BCUT2D eigenvalue weighted by Gasteiger charge is -2.31. The second-order valence-electron chi connectivity index (χ2n) is 8.35. The molecule has 1 amide bonds. The van der Waals surface area contributed by atoms with Gasteiger partial charge in [-0.1, -0.05) is 71.2 Å². The lowest BCUT2D eigenvalue weighted by atomic mass is 9.85. The third-order valence-electron chi connectivity index (χ3n) is 5.75. The molecule has 1 unspecified atom stereocenters.